The van der Waals surface area contributed by atoms with E-state index in [4.69, 9.17) is 0 Å². The molecule has 0 aliphatic heterocycles. The van der Waals surface area contributed by atoms with Crippen molar-refractivity contribution in [2.24, 2.45) is 7.05 Å². The van der Waals surface area contributed by atoms with Crippen LogP contribution >= 0.6 is 0 Å². The highest BCUT2D eigenvalue weighted by molar-refractivity contribution is 5.74. The van der Waals surface area contributed by atoms with Gasteiger partial charge in [-0.25, -0.2) is 0 Å². The summed E-state index contributed by atoms with van der Waals surface area (Å²) in [6.07, 6.45) is 2.00. The lowest BCUT2D eigenvalue weighted by atomic mass is 10.0. The first-order valence-corrected chi connectivity index (χ1v) is 7.72. The quantitative estimate of drug-likeness (QED) is 0.715. The molecular weight excluding hydrogens is 332 g/mol. The molecule has 1 atom stereocenters. The van der Waals surface area contributed by atoms with Gasteiger partial charge in [0.05, 0.1) is 12.2 Å². The summed E-state index contributed by atoms with van der Waals surface area (Å²) in [5.74, 6) is 0.320. The third-order valence-corrected chi connectivity index (χ3v) is 3.83. The first-order chi connectivity index (χ1) is 12.0. The Labute approximate surface area is 141 Å². The van der Waals surface area contributed by atoms with E-state index in [2.05, 4.69) is 25.1 Å². The van der Waals surface area contributed by atoms with Crippen LogP contribution in [-0.4, -0.2) is 26.4 Å². The number of halogens is 2. The number of aryl methyl sites for hydroxylation is 1. The van der Waals surface area contributed by atoms with Crippen molar-refractivity contribution in [1.82, 2.24) is 19.7 Å². The van der Waals surface area contributed by atoms with E-state index in [1.165, 1.54) is 16.9 Å². The van der Waals surface area contributed by atoms with Crippen LogP contribution in [0.4, 0.5) is 14.7 Å². The number of hydrogen-bond donors (Lipinski definition) is 2. The Morgan fingerprint density at radius 2 is 2.12 bits per heavy atom. The van der Waals surface area contributed by atoms with E-state index in [9.17, 15) is 13.6 Å². The average molecular weight is 349 g/mol. The molecule has 132 valence electrons. The molecule has 9 heteroatoms. The van der Waals surface area contributed by atoms with Gasteiger partial charge >= 0.3 is 6.61 Å². The molecule has 0 fully saturated rings. The number of aromatic nitrogens is 4. The fourth-order valence-corrected chi connectivity index (χ4v) is 2.64. The van der Waals surface area contributed by atoms with Crippen molar-refractivity contribution >= 4 is 17.0 Å². The van der Waals surface area contributed by atoms with Gasteiger partial charge in [-0.15, -0.1) is 0 Å². The first-order valence-electron chi connectivity index (χ1n) is 7.72. The maximum atomic E-state index is 12.6. The highest BCUT2D eigenvalue weighted by Gasteiger charge is 2.18. The first kappa shape index (κ1) is 16.9. The molecule has 0 aliphatic carbocycles. The second-order valence-corrected chi connectivity index (χ2v) is 5.44. The van der Waals surface area contributed by atoms with E-state index in [1.807, 2.05) is 6.92 Å². The van der Waals surface area contributed by atoms with Gasteiger partial charge < -0.3 is 10.1 Å². The topological polar surface area (TPSA) is 84.8 Å². The van der Waals surface area contributed by atoms with Gasteiger partial charge in [0.15, 0.2) is 5.65 Å². The predicted octanol–water partition coefficient (Wildman–Crippen LogP) is 2.82. The largest absolute Gasteiger partial charge is 0.434 e. The Bertz CT molecular complexity index is 938. The molecule has 2 heterocycles. The number of H-pyrrole nitrogens is 1. The molecule has 2 N–H and O–H groups in total. The van der Waals surface area contributed by atoms with Crippen LogP contribution < -0.4 is 15.6 Å². The minimum absolute atomic E-state index is 0.0841. The maximum absolute atomic E-state index is 12.6. The molecule has 0 unspecified atom stereocenters. The lowest BCUT2D eigenvalue weighted by Gasteiger charge is -2.20. The third kappa shape index (κ3) is 3.44. The van der Waals surface area contributed by atoms with Crippen LogP contribution in [0.1, 0.15) is 24.9 Å². The smallest absolute Gasteiger partial charge is 0.387 e. The molecule has 0 radical (unpaired) electrons. The highest BCUT2D eigenvalue weighted by Crippen LogP contribution is 2.30. The third-order valence-electron chi connectivity index (χ3n) is 3.83. The van der Waals surface area contributed by atoms with Crippen LogP contribution in [0.3, 0.4) is 0 Å². The zero-order valence-corrected chi connectivity index (χ0v) is 13.7. The molecule has 0 amide bonds. The molecule has 7 nitrogen and oxygen atoms in total. The van der Waals surface area contributed by atoms with Crippen molar-refractivity contribution in [2.75, 3.05) is 5.32 Å². The van der Waals surface area contributed by atoms with Gasteiger partial charge in [-0.3, -0.25) is 14.5 Å². The summed E-state index contributed by atoms with van der Waals surface area (Å²) < 4.78 is 31.3. The number of hydrogen-bond acceptors (Lipinski definition) is 5. The van der Waals surface area contributed by atoms with Crippen molar-refractivity contribution < 1.29 is 13.5 Å². The number of nitrogens with zero attached hydrogens (tertiary/aromatic N) is 3. The van der Waals surface area contributed by atoms with E-state index in [1.54, 1.807) is 25.2 Å². The summed E-state index contributed by atoms with van der Waals surface area (Å²) in [6.45, 7) is -1.03. The number of alkyl halides is 2. The molecule has 1 aromatic carbocycles. The van der Waals surface area contributed by atoms with Gasteiger partial charge in [0.2, 0.25) is 5.95 Å². The Balaban J connectivity index is 1.96. The molecule has 0 saturated heterocycles. The number of fused-ring (bicyclic) bond motifs is 1. The van der Waals surface area contributed by atoms with Crippen LogP contribution in [0.5, 0.6) is 5.75 Å². The summed E-state index contributed by atoms with van der Waals surface area (Å²) in [5, 5.41) is 7.46. The van der Waals surface area contributed by atoms with E-state index in [0.29, 0.717) is 23.0 Å². The fraction of sp³-hybridized carbons (Fsp3) is 0.312. The number of nitrogens with one attached hydrogen (secondary N) is 2. The van der Waals surface area contributed by atoms with Gasteiger partial charge in [-0.1, -0.05) is 25.1 Å². The van der Waals surface area contributed by atoms with Gasteiger partial charge in [-0.2, -0.15) is 18.9 Å². The highest BCUT2D eigenvalue weighted by atomic mass is 19.3. The van der Waals surface area contributed by atoms with Crippen molar-refractivity contribution in [1.29, 1.82) is 0 Å². The van der Waals surface area contributed by atoms with Crippen molar-refractivity contribution in [3.63, 3.8) is 0 Å². The maximum Gasteiger partial charge on any atom is 0.387 e. The second-order valence-electron chi connectivity index (χ2n) is 5.44. The Morgan fingerprint density at radius 1 is 1.36 bits per heavy atom. The van der Waals surface area contributed by atoms with Gasteiger partial charge in [-0.05, 0) is 12.5 Å². The van der Waals surface area contributed by atoms with Gasteiger partial charge in [0.25, 0.3) is 5.56 Å². The molecule has 0 saturated carbocycles. The lowest BCUT2D eigenvalue weighted by molar-refractivity contribution is -0.0505. The van der Waals surface area contributed by atoms with Crippen LogP contribution in [0, 0.1) is 0 Å². The molecule has 0 aliphatic rings. The summed E-state index contributed by atoms with van der Waals surface area (Å²) >= 11 is 0. The second kappa shape index (κ2) is 6.88. The van der Waals surface area contributed by atoms with Crippen molar-refractivity contribution in [3.8, 4) is 5.75 Å². The van der Waals surface area contributed by atoms with E-state index >= 15 is 0 Å². The minimum Gasteiger partial charge on any atom is -0.434 e. The Kier molecular flexibility index (Phi) is 4.64. The zero-order chi connectivity index (χ0) is 18.0. The standard InChI is InChI=1S/C16H17F2N5O2/c1-3-11(9-6-4-5-7-12(9)25-15(17)18)20-16-21-13-10(14(24)22-16)8-19-23(13)2/h4-8,11,15H,3H2,1-2H3,(H2,20,21,22,24)/t11-/m1/s1. The monoisotopic (exact) mass is 349 g/mol. The zero-order valence-electron chi connectivity index (χ0n) is 13.7. The molecule has 3 aromatic rings. The molecule has 25 heavy (non-hydrogen) atoms. The average Bonchev–Trinajstić information content (AvgIpc) is 2.95. The van der Waals surface area contributed by atoms with Crippen LogP contribution in [0.2, 0.25) is 0 Å². The van der Waals surface area contributed by atoms with Crippen LogP contribution in [-0.2, 0) is 7.05 Å². The van der Waals surface area contributed by atoms with Gasteiger partial charge in [0.1, 0.15) is 11.1 Å². The van der Waals surface area contributed by atoms with Crippen molar-refractivity contribution in [3.05, 3.63) is 46.4 Å². The number of aromatic amines is 1. The van der Waals surface area contributed by atoms with E-state index in [0.717, 1.165) is 0 Å². The SMILES string of the molecule is CC[C@@H](Nc1nc2c(cnn2C)c(=O)[nH]1)c1ccccc1OC(F)F. The summed E-state index contributed by atoms with van der Waals surface area (Å²) in [7, 11) is 1.68. The van der Waals surface area contributed by atoms with Gasteiger partial charge in [0, 0.05) is 12.6 Å². The number of anilines is 1. The minimum atomic E-state index is -2.91. The fourth-order valence-electron chi connectivity index (χ4n) is 2.64. The number of para-hydroxylation sites is 1. The molecular formula is C16H17F2N5O2. The summed E-state index contributed by atoms with van der Waals surface area (Å²) in [4.78, 5) is 19.1. The van der Waals surface area contributed by atoms with E-state index in [-0.39, 0.29) is 23.3 Å². The molecule has 0 bridgehead atoms. The molecule has 0 spiro atoms. The Hall–Kier alpha value is -2.97. The van der Waals surface area contributed by atoms with E-state index < -0.39 is 6.61 Å². The van der Waals surface area contributed by atoms with Crippen LogP contribution in [0.15, 0.2) is 35.3 Å². The Morgan fingerprint density at radius 3 is 2.84 bits per heavy atom. The summed E-state index contributed by atoms with van der Waals surface area (Å²) in [6, 6.07) is 6.16. The molecule has 3 rings (SSSR count). The summed E-state index contributed by atoms with van der Waals surface area (Å²) in [5.41, 5.74) is 0.656. The number of ether oxygens (including phenoxy) is 1. The number of benzene rings is 1. The predicted molar refractivity (Wildman–Crippen MR) is 88.9 cm³/mol. The lowest BCUT2D eigenvalue weighted by Crippen LogP contribution is -2.18. The van der Waals surface area contributed by atoms with Crippen LogP contribution in [0.25, 0.3) is 11.0 Å². The number of rotatable bonds is 6. The normalized spacial score (nSPS) is 12.5. The van der Waals surface area contributed by atoms with Crippen molar-refractivity contribution in [2.45, 2.75) is 26.0 Å². The molecule has 2 aromatic heterocycles.